The summed E-state index contributed by atoms with van der Waals surface area (Å²) in [6.07, 6.45) is 0. The number of imide groups is 1. The van der Waals surface area contributed by atoms with Crippen LogP contribution in [0.5, 0.6) is 0 Å². The van der Waals surface area contributed by atoms with Gasteiger partial charge in [-0.2, -0.15) is 0 Å². The van der Waals surface area contributed by atoms with Gasteiger partial charge in [-0.1, -0.05) is 30.3 Å². The smallest absolute Gasteiger partial charge is 0.261 e. The number of benzene rings is 2. The van der Waals surface area contributed by atoms with E-state index in [-0.39, 0.29) is 35.9 Å². The molecule has 0 radical (unpaired) electrons. The minimum atomic E-state index is -0.366. The predicted octanol–water partition coefficient (Wildman–Crippen LogP) is 1.93. The van der Waals surface area contributed by atoms with Gasteiger partial charge in [0.05, 0.1) is 30.9 Å². The molecule has 2 heterocycles. The molecule has 7 nitrogen and oxygen atoms in total. The third-order valence-corrected chi connectivity index (χ3v) is 5.64. The number of ether oxygens (including phenoxy) is 1. The van der Waals surface area contributed by atoms with Crippen LogP contribution in [-0.2, 0) is 11.3 Å². The van der Waals surface area contributed by atoms with E-state index < -0.39 is 0 Å². The lowest BCUT2D eigenvalue weighted by molar-refractivity contribution is 0.0204. The first-order chi connectivity index (χ1) is 14.5. The Labute approximate surface area is 175 Å². The highest BCUT2D eigenvalue weighted by molar-refractivity contribution is 6.22. The monoisotopic (exact) mass is 407 g/mol. The number of nitrogens with one attached hydrogen (secondary N) is 1. The van der Waals surface area contributed by atoms with Crippen molar-refractivity contribution in [3.63, 3.8) is 0 Å². The fraction of sp³-hybridized carbons (Fsp3) is 0.348. The molecule has 4 rings (SSSR count). The fourth-order valence-electron chi connectivity index (χ4n) is 3.83. The summed E-state index contributed by atoms with van der Waals surface area (Å²) in [4.78, 5) is 41.6. The molecule has 2 aromatic carbocycles. The van der Waals surface area contributed by atoms with Gasteiger partial charge in [0.1, 0.15) is 0 Å². The van der Waals surface area contributed by atoms with E-state index >= 15 is 0 Å². The molecule has 3 amide bonds. The van der Waals surface area contributed by atoms with Crippen LogP contribution in [0, 0.1) is 0 Å². The Morgan fingerprint density at radius 2 is 1.73 bits per heavy atom. The maximum atomic E-state index is 12.8. The minimum Gasteiger partial charge on any atom is -0.379 e. The molecule has 1 saturated heterocycles. The molecule has 0 saturated carbocycles. The third-order valence-electron chi connectivity index (χ3n) is 5.64. The predicted molar refractivity (Wildman–Crippen MR) is 111 cm³/mol. The number of carbonyl (C=O) groups is 3. The van der Waals surface area contributed by atoms with Crippen LogP contribution in [-0.4, -0.2) is 66.4 Å². The molecular weight excluding hydrogens is 382 g/mol. The van der Waals surface area contributed by atoms with Gasteiger partial charge in [0.15, 0.2) is 0 Å². The van der Waals surface area contributed by atoms with Crippen molar-refractivity contribution in [2.75, 3.05) is 32.8 Å². The second-order valence-electron chi connectivity index (χ2n) is 7.65. The van der Waals surface area contributed by atoms with E-state index in [1.165, 1.54) is 11.0 Å². The summed E-state index contributed by atoms with van der Waals surface area (Å²) in [5.41, 5.74) is 1.88. The summed E-state index contributed by atoms with van der Waals surface area (Å²) in [7, 11) is 0. The largest absolute Gasteiger partial charge is 0.379 e. The lowest BCUT2D eigenvalue weighted by Gasteiger charge is -2.32. The molecule has 2 aliphatic heterocycles. The van der Waals surface area contributed by atoms with Crippen LogP contribution in [0.4, 0.5) is 0 Å². The molecule has 7 heteroatoms. The van der Waals surface area contributed by atoms with Gasteiger partial charge in [-0.25, -0.2) is 0 Å². The molecule has 1 N–H and O–H groups in total. The Balaban J connectivity index is 1.42. The second-order valence-corrected chi connectivity index (χ2v) is 7.65. The molecule has 1 atom stereocenters. The zero-order valence-corrected chi connectivity index (χ0v) is 17.0. The summed E-state index contributed by atoms with van der Waals surface area (Å²) < 4.78 is 5.36. The van der Waals surface area contributed by atoms with Crippen LogP contribution in [0.2, 0.25) is 0 Å². The zero-order valence-electron chi connectivity index (χ0n) is 17.0. The van der Waals surface area contributed by atoms with E-state index in [2.05, 4.69) is 17.1 Å². The highest BCUT2D eigenvalue weighted by Crippen LogP contribution is 2.25. The van der Waals surface area contributed by atoms with Gasteiger partial charge in [-0.3, -0.25) is 24.2 Å². The lowest BCUT2D eigenvalue weighted by atomic mass is 10.1. The van der Waals surface area contributed by atoms with Crippen molar-refractivity contribution in [3.8, 4) is 0 Å². The quantitative estimate of drug-likeness (QED) is 0.741. The molecule has 1 fully saturated rings. The number of hydrogen-bond donors (Lipinski definition) is 1. The lowest BCUT2D eigenvalue weighted by Crippen LogP contribution is -2.47. The summed E-state index contributed by atoms with van der Waals surface area (Å²) in [6.45, 7) is 5.90. The average Bonchev–Trinajstić information content (AvgIpc) is 3.03. The zero-order chi connectivity index (χ0) is 21.1. The highest BCUT2D eigenvalue weighted by Gasteiger charge is 2.36. The number of carbonyl (C=O) groups excluding carboxylic acids is 3. The molecule has 0 bridgehead atoms. The van der Waals surface area contributed by atoms with E-state index in [4.69, 9.17) is 4.74 Å². The summed E-state index contributed by atoms with van der Waals surface area (Å²) >= 11 is 0. The van der Waals surface area contributed by atoms with Gasteiger partial charge in [0.25, 0.3) is 17.7 Å². The van der Waals surface area contributed by atoms with Gasteiger partial charge in [0, 0.05) is 31.2 Å². The topological polar surface area (TPSA) is 79.0 Å². The number of fused-ring (bicyclic) bond motifs is 1. The van der Waals surface area contributed by atoms with Crippen LogP contribution in [0.1, 0.15) is 43.6 Å². The average molecular weight is 407 g/mol. The van der Waals surface area contributed by atoms with Gasteiger partial charge in [-0.05, 0) is 30.7 Å². The minimum absolute atomic E-state index is 0.192. The van der Waals surface area contributed by atoms with Gasteiger partial charge < -0.3 is 10.1 Å². The SMILES string of the molecule is CC(CNC(=O)c1ccc2c(c1)C(=O)N(Cc1ccccc1)C2=O)N1CCOCC1. The Kier molecular flexibility index (Phi) is 5.92. The van der Waals surface area contributed by atoms with Crippen molar-refractivity contribution in [1.29, 1.82) is 0 Å². The molecule has 1 unspecified atom stereocenters. The van der Waals surface area contributed by atoms with Gasteiger partial charge >= 0.3 is 0 Å². The van der Waals surface area contributed by atoms with E-state index in [1.54, 1.807) is 12.1 Å². The number of morpholine rings is 1. The maximum absolute atomic E-state index is 12.8. The van der Waals surface area contributed by atoms with Crippen molar-refractivity contribution in [2.24, 2.45) is 0 Å². The van der Waals surface area contributed by atoms with Crippen LogP contribution in [0.25, 0.3) is 0 Å². The molecule has 0 spiro atoms. The van der Waals surface area contributed by atoms with E-state index in [0.29, 0.717) is 30.9 Å². The highest BCUT2D eigenvalue weighted by atomic mass is 16.5. The number of rotatable bonds is 6. The van der Waals surface area contributed by atoms with E-state index in [1.807, 2.05) is 30.3 Å². The van der Waals surface area contributed by atoms with Crippen molar-refractivity contribution in [2.45, 2.75) is 19.5 Å². The summed E-state index contributed by atoms with van der Waals surface area (Å²) in [5, 5.41) is 2.93. The molecule has 0 aliphatic carbocycles. The van der Waals surface area contributed by atoms with Crippen LogP contribution < -0.4 is 5.32 Å². The molecule has 30 heavy (non-hydrogen) atoms. The molecule has 156 valence electrons. The molecule has 2 aromatic rings. The maximum Gasteiger partial charge on any atom is 0.261 e. The van der Waals surface area contributed by atoms with Crippen molar-refractivity contribution in [3.05, 3.63) is 70.8 Å². The molecular formula is C23H25N3O4. The number of hydrogen-bond acceptors (Lipinski definition) is 5. The van der Waals surface area contributed by atoms with Gasteiger partial charge in [-0.15, -0.1) is 0 Å². The number of nitrogens with zero attached hydrogens (tertiary/aromatic N) is 2. The van der Waals surface area contributed by atoms with Crippen molar-refractivity contribution in [1.82, 2.24) is 15.1 Å². The first-order valence-corrected chi connectivity index (χ1v) is 10.2. The summed E-state index contributed by atoms with van der Waals surface area (Å²) in [6, 6.07) is 14.3. The second kappa shape index (κ2) is 8.77. The first-order valence-electron chi connectivity index (χ1n) is 10.2. The molecule has 0 aromatic heterocycles. The third kappa shape index (κ3) is 4.13. The van der Waals surface area contributed by atoms with Crippen molar-refractivity contribution >= 4 is 17.7 Å². The fourth-order valence-corrected chi connectivity index (χ4v) is 3.83. The van der Waals surface area contributed by atoms with Crippen molar-refractivity contribution < 1.29 is 19.1 Å². The Morgan fingerprint density at radius 3 is 2.47 bits per heavy atom. The Morgan fingerprint density at radius 1 is 1.03 bits per heavy atom. The van der Waals surface area contributed by atoms with E-state index in [9.17, 15) is 14.4 Å². The Bertz CT molecular complexity index is 954. The Hall–Kier alpha value is -3.03. The standard InChI is InChI=1S/C23H25N3O4/c1-16(25-9-11-30-12-10-25)14-24-21(27)18-7-8-19-20(13-18)23(29)26(22(19)28)15-17-5-3-2-4-6-17/h2-8,13,16H,9-12,14-15H2,1H3,(H,24,27). The van der Waals surface area contributed by atoms with Crippen LogP contribution in [0.3, 0.4) is 0 Å². The number of amides is 3. The van der Waals surface area contributed by atoms with Crippen LogP contribution in [0.15, 0.2) is 48.5 Å². The van der Waals surface area contributed by atoms with Gasteiger partial charge in [0.2, 0.25) is 0 Å². The van der Waals surface area contributed by atoms with Crippen LogP contribution >= 0.6 is 0 Å². The van der Waals surface area contributed by atoms with E-state index in [0.717, 1.165) is 18.7 Å². The first kappa shape index (κ1) is 20.3. The molecule has 2 aliphatic rings. The summed E-state index contributed by atoms with van der Waals surface area (Å²) in [5.74, 6) is -0.943. The normalized spacial score (nSPS) is 17.7.